The smallest absolute Gasteiger partial charge is 0.0724 e. The van der Waals surface area contributed by atoms with Crippen molar-refractivity contribution in [3.63, 3.8) is 0 Å². The molecule has 1 fully saturated rings. The second-order valence-electron chi connectivity index (χ2n) is 4.25. The van der Waals surface area contributed by atoms with E-state index in [-0.39, 0.29) is 0 Å². The molecular weight excluding hydrogens is 200 g/mol. The monoisotopic (exact) mass is 220 g/mol. The Morgan fingerprint density at radius 2 is 2.44 bits per heavy atom. The van der Waals surface area contributed by atoms with Crippen LogP contribution in [0.3, 0.4) is 0 Å². The Morgan fingerprint density at radius 3 is 3.19 bits per heavy atom. The molecule has 1 aliphatic rings. The van der Waals surface area contributed by atoms with E-state index in [1.165, 1.54) is 19.4 Å². The summed E-state index contributed by atoms with van der Waals surface area (Å²) in [5.41, 5.74) is 1.02. The predicted octanol–water partition coefficient (Wildman–Crippen LogP) is 1.05. The fourth-order valence-corrected chi connectivity index (χ4v) is 2.33. The summed E-state index contributed by atoms with van der Waals surface area (Å²) in [4.78, 5) is 10.8. The minimum Gasteiger partial charge on any atom is -0.310 e. The zero-order valence-corrected chi connectivity index (χ0v) is 9.89. The van der Waals surface area contributed by atoms with Crippen molar-refractivity contribution in [3.05, 3.63) is 24.3 Å². The first-order chi connectivity index (χ1) is 7.90. The zero-order chi connectivity index (χ0) is 11.2. The molecule has 0 bridgehead atoms. The molecule has 1 unspecified atom stereocenters. The summed E-state index contributed by atoms with van der Waals surface area (Å²) in [6.07, 6.45) is 7.93. The molecule has 4 heteroatoms. The molecule has 0 aromatic carbocycles. The molecule has 1 N–H and O–H groups in total. The molecule has 1 aromatic rings. The molecule has 1 aliphatic heterocycles. The van der Waals surface area contributed by atoms with Gasteiger partial charge in [0.15, 0.2) is 0 Å². The number of hydrogen-bond acceptors (Lipinski definition) is 4. The van der Waals surface area contributed by atoms with E-state index >= 15 is 0 Å². The lowest BCUT2D eigenvalue weighted by molar-refractivity contribution is 0.259. The minimum atomic E-state index is 0.710. The molecule has 0 saturated carbocycles. The van der Waals surface area contributed by atoms with Crippen LogP contribution in [-0.4, -0.2) is 40.5 Å². The Hall–Kier alpha value is -1.00. The van der Waals surface area contributed by atoms with Crippen LogP contribution >= 0.6 is 0 Å². The summed E-state index contributed by atoms with van der Waals surface area (Å²) in [6.45, 7) is 6.54. The summed E-state index contributed by atoms with van der Waals surface area (Å²) in [6, 6.07) is 0.710. The average Bonchev–Trinajstić information content (AvgIpc) is 2.78. The molecule has 4 nitrogen and oxygen atoms in total. The van der Waals surface area contributed by atoms with Crippen molar-refractivity contribution < 1.29 is 0 Å². The highest BCUT2D eigenvalue weighted by Gasteiger charge is 2.21. The number of aromatic nitrogens is 2. The van der Waals surface area contributed by atoms with Gasteiger partial charge in [-0.15, -0.1) is 0 Å². The molecule has 2 heterocycles. The van der Waals surface area contributed by atoms with E-state index < -0.39 is 0 Å². The third-order valence-corrected chi connectivity index (χ3v) is 3.21. The van der Waals surface area contributed by atoms with Crippen LogP contribution < -0.4 is 5.32 Å². The summed E-state index contributed by atoms with van der Waals surface area (Å²) < 4.78 is 0. The second kappa shape index (κ2) is 5.92. The van der Waals surface area contributed by atoms with Gasteiger partial charge in [0.1, 0.15) is 0 Å². The SMILES string of the molecule is CCN1CCCC1CNCc1cnccn1. The van der Waals surface area contributed by atoms with E-state index in [9.17, 15) is 0 Å². The predicted molar refractivity (Wildman–Crippen MR) is 64.0 cm³/mol. The first-order valence-corrected chi connectivity index (χ1v) is 6.10. The number of rotatable bonds is 5. The van der Waals surface area contributed by atoms with Gasteiger partial charge in [0.25, 0.3) is 0 Å². The number of nitrogens with one attached hydrogen (secondary N) is 1. The molecule has 88 valence electrons. The van der Waals surface area contributed by atoms with E-state index in [2.05, 4.69) is 27.1 Å². The van der Waals surface area contributed by atoms with Crippen molar-refractivity contribution in [1.29, 1.82) is 0 Å². The van der Waals surface area contributed by atoms with Gasteiger partial charge in [-0.3, -0.25) is 14.9 Å². The molecule has 16 heavy (non-hydrogen) atoms. The third-order valence-electron chi connectivity index (χ3n) is 3.21. The average molecular weight is 220 g/mol. The zero-order valence-electron chi connectivity index (χ0n) is 9.89. The van der Waals surface area contributed by atoms with Crippen molar-refractivity contribution in [1.82, 2.24) is 20.2 Å². The van der Waals surface area contributed by atoms with Crippen LogP contribution in [0.2, 0.25) is 0 Å². The van der Waals surface area contributed by atoms with Crippen molar-refractivity contribution in [2.45, 2.75) is 32.4 Å². The van der Waals surface area contributed by atoms with Gasteiger partial charge in [-0.05, 0) is 25.9 Å². The largest absolute Gasteiger partial charge is 0.310 e. The Labute approximate surface area is 97.1 Å². The van der Waals surface area contributed by atoms with E-state index in [1.54, 1.807) is 12.4 Å². The van der Waals surface area contributed by atoms with Gasteiger partial charge >= 0.3 is 0 Å². The highest BCUT2D eigenvalue weighted by Crippen LogP contribution is 2.15. The number of nitrogens with zero attached hydrogens (tertiary/aromatic N) is 3. The Kier molecular flexibility index (Phi) is 4.25. The van der Waals surface area contributed by atoms with Gasteiger partial charge in [-0.2, -0.15) is 0 Å². The van der Waals surface area contributed by atoms with Crippen LogP contribution in [0.15, 0.2) is 18.6 Å². The van der Waals surface area contributed by atoms with Crippen LogP contribution in [0.1, 0.15) is 25.5 Å². The molecular formula is C12H20N4. The van der Waals surface area contributed by atoms with Gasteiger partial charge in [-0.1, -0.05) is 6.92 Å². The Morgan fingerprint density at radius 1 is 1.50 bits per heavy atom. The fraction of sp³-hybridized carbons (Fsp3) is 0.667. The van der Waals surface area contributed by atoms with E-state index in [0.29, 0.717) is 6.04 Å². The lowest BCUT2D eigenvalue weighted by atomic mass is 10.2. The summed E-state index contributed by atoms with van der Waals surface area (Å²) in [7, 11) is 0. The first-order valence-electron chi connectivity index (χ1n) is 6.10. The molecule has 0 aliphatic carbocycles. The van der Waals surface area contributed by atoms with Crippen LogP contribution in [0.4, 0.5) is 0 Å². The Balaban J connectivity index is 1.72. The molecule has 0 spiro atoms. The molecule has 1 saturated heterocycles. The molecule has 1 atom stereocenters. The van der Waals surface area contributed by atoms with Gasteiger partial charge in [0.2, 0.25) is 0 Å². The second-order valence-corrected chi connectivity index (χ2v) is 4.25. The number of likely N-dealkylation sites (tertiary alicyclic amines) is 1. The summed E-state index contributed by atoms with van der Waals surface area (Å²) >= 11 is 0. The van der Waals surface area contributed by atoms with Crippen LogP contribution in [0.25, 0.3) is 0 Å². The highest BCUT2D eigenvalue weighted by molar-refractivity contribution is 4.94. The number of hydrogen-bond donors (Lipinski definition) is 1. The maximum absolute atomic E-state index is 4.24. The van der Waals surface area contributed by atoms with Crippen molar-refractivity contribution in [2.24, 2.45) is 0 Å². The first kappa shape index (κ1) is 11.5. The molecule has 0 amide bonds. The molecule has 1 aromatic heterocycles. The van der Waals surface area contributed by atoms with Crippen LogP contribution in [0, 0.1) is 0 Å². The lowest BCUT2D eigenvalue weighted by Gasteiger charge is -2.22. The van der Waals surface area contributed by atoms with Crippen molar-refractivity contribution >= 4 is 0 Å². The van der Waals surface area contributed by atoms with Gasteiger partial charge < -0.3 is 5.32 Å². The summed E-state index contributed by atoms with van der Waals surface area (Å²) in [5, 5.41) is 3.46. The quantitative estimate of drug-likeness (QED) is 0.805. The topological polar surface area (TPSA) is 41.0 Å². The summed E-state index contributed by atoms with van der Waals surface area (Å²) in [5.74, 6) is 0. The minimum absolute atomic E-state index is 0.710. The maximum atomic E-state index is 4.24. The third kappa shape index (κ3) is 3.00. The van der Waals surface area contributed by atoms with Crippen molar-refractivity contribution in [2.75, 3.05) is 19.6 Å². The van der Waals surface area contributed by atoms with Gasteiger partial charge in [0.05, 0.1) is 5.69 Å². The highest BCUT2D eigenvalue weighted by atomic mass is 15.2. The lowest BCUT2D eigenvalue weighted by Crippen LogP contribution is -2.37. The Bertz CT molecular complexity index is 301. The normalized spacial score (nSPS) is 21.4. The maximum Gasteiger partial charge on any atom is 0.0724 e. The van der Waals surface area contributed by atoms with Crippen LogP contribution in [-0.2, 0) is 6.54 Å². The van der Waals surface area contributed by atoms with Gasteiger partial charge in [-0.25, -0.2) is 0 Å². The van der Waals surface area contributed by atoms with Crippen molar-refractivity contribution in [3.8, 4) is 0 Å². The molecule has 0 radical (unpaired) electrons. The number of likely N-dealkylation sites (N-methyl/N-ethyl adjacent to an activating group) is 1. The van der Waals surface area contributed by atoms with Crippen LogP contribution in [0.5, 0.6) is 0 Å². The van der Waals surface area contributed by atoms with Gasteiger partial charge in [0, 0.05) is 37.7 Å². The fourth-order valence-electron chi connectivity index (χ4n) is 2.33. The standard InChI is InChI=1S/C12H20N4/c1-2-16-7-3-4-12(16)10-14-9-11-8-13-5-6-15-11/h5-6,8,12,14H,2-4,7,9-10H2,1H3. The molecule has 2 rings (SSSR count). The van der Waals surface area contributed by atoms with E-state index in [0.717, 1.165) is 25.3 Å². The van der Waals surface area contributed by atoms with E-state index in [1.807, 2.05) is 6.20 Å². The van der Waals surface area contributed by atoms with E-state index in [4.69, 9.17) is 0 Å².